The van der Waals surface area contributed by atoms with Gasteiger partial charge in [0.05, 0.1) is 16.5 Å². The van der Waals surface area contributed by atoms with Gasteiger partial charge in [-0.3, -0.25) is 0 Å². The summed E-state index contributed by atoms with van der Waals surface area (Å²) in [5, 5.41) is 2.59. The molecule has 1 aromatic heterocycles. The molecule has 0 saturated heterocycles. The van der Waals surface area contributed by atoms with Gasteiger partial charge in [0.2, 0.25) is 0 Å². The predicted molar refractivity (Wildman–Crippen MR) is 244 cm³/mol. The Balaban J connectivity index is 1.22. The first kappa shape index (κ1) is 33.4. The lowest BCUT2D eigenvalue weighted by molar-refractivity contribution is 0.454. The van der Waals surface area contributed by atoms with Gasteiger partial charge in [-0.25, -0.2) is 0 Å². The lowest BCUT2D eigenvalue weighted by Crippen LogP contribution is -2.46. The molecule has 0 radical (unpaired) electrons. The molecule has 1 nitrogen and oxygen atoms in total. The van der Waals surface area contributed by atoms with Crippen molar-refractivity contribution in [2.75, 3.05) is 4.90 Å². The second-order valence-corrected chi connectivity index (χ2v) is 17.0. The summed E-state index contributed by atoms with van der Waals surface area (Å²) in [6, 6.07) is 75.3. The number of para-hydroxylation sites is 2. The van der Waals surface area contributed by atoms with Crippen LogP contribution in [0.1, 0.15) is 50.9 Å². The van der Waals surface area contributed by atoms with E-state index in [1.807, 2.05) is 11.3 Å². The van der Waals surface area contributed by atoms with Crippen LogP contribution in [0, 0.1) is 5.92 Å². The highest BCUT2D eigenvalue weighted by Gasteiger charge is 2.60. The molecular formula is C56H39NS. The van der Waals surface area contributed by atoms with Gasteiger partial charge in [0.25, 0.3) is 0 Å². The number of fused-ring (bicyclic) bond motifs is 8. The van der Waals surface area contributed by atoms with Gasteiger partial charge in [-0.1, -0.05) is 176 Å². The minimum atomic E-state index is -0.661. The van der Waals surface area contributed by atoms with E-state index in [-0.39, 0.29) is 11.3 Å². The smallest absolute Gasteiger partial charge is 0.0728 e. The normalized spacial score (nSPS) is 20.0. The SMILES string of the molecule is C1=CCC2C(=C1)c1cccc3c1C2(c1ccccc1)c1ccccc1C3(c1ccccc1)c1ccccc1N(c1ccccc1)c1ccc2sc3ccccc3c2c1. The highest BCUT2D eigenvalue weighted by Crippen LogP contribution is 2.68. The molecule has 274 valence electrons. The zero-order chi connectivity index (χ0) is 38.3. The van der Waals surface area contributed by atoms with Gasteiger partial charge in [0.1, 0.15) is 0 Å². The van der Waals surface area contributed by atoms with Gasteiger partial charge in [-0.15, -0.1) is 11.3 Å². The van der Waals surface area contributed by atoms with Crippen molar-refractivity contribution in [2.24, 2.45) is 5.92 Å². The van der Waals surface area contributed by atoms with E-state index < -0.39 is 5.41 Å². The third-order valence-corrected chi connectivity index (χ3v) is 14.4. The van der Waals surface area contributed by atoms with Crippen LogP contribution in [-0.4, -0.2) is 0 Å². The molecule has 0 bridgehead atoms. The molecule has 12 rings (SSSR count). The average molecular weight is 758 g/mol. The molecule has 1 heterocycles. The Morgan fingerprint density at radius 3 is 1.93 bits per heavy atom. The molecular weight excluding hydrogens is 719 g/mol. The maximum atomic E-state index is 2.50. The maximum absolute atomic E-state index is 2.50. The second-order valence-electron chi connectivity index (χ2n) is 15.9. The average Bonchev–Trinajstić information content (AvgIpc) is 3.83. The fraction of sp³-hybridized carbons (Fsp3) is 0.0714. The summed E-state index contributed by atoms with van der Waals surface area (Å²) >= 11 is 1.87. The summed E-state index contributed by atoms with van der Waals surface area (Å²) in [5.74, 6) is 0.272. The molecule has 8 aromatic carbocycles. The number of allylic oxidation sites excluding steroid dienone is 4. The van der Waals surface area contributed by atoms with E-state index in [1.54, 1.807) is 0 Å². The molecule has 2 heteroatoms. The quantitative estimate of drug-likeness (QED) is 0.163. The Bertz CT molecular complexity index is 3100. The molecule has 0 N–H and O–H groups in total. The zero-order valence-corrected chi connectivity index (χ0v) is 32.7. The van der Waals surface area contributed by atoms with Gasteiger partial charge in [-0.05, 0) is 99.0 Å². The van der Waals surface area contributed by atoms with Crippen LogP contribution in [0.4, 0.5) is 17.1 Å². The van der Waals surface area contributed by atoms with E-state index in [1.165, 1.54) is 70.3 Å². The molecule has 0 spiro atoms. The second kappa shape index (κ2) is 12.9. The largest absolute Gasteiger partial charge is 0.310 e. The van der Waals surface area contributed by atoms with Gasteiger partial charge < -0.3 is 4.90 Å². The summed E-state index contributed by atoms with van der Waals surface area (Å²) in [7, 11) is 0. The fourth-order valence-corrected chi connectivity index (χ4v) is 12.2. The lowest BCUT2D eigenvalue weighted by atomic mass is 9.50. The topological polar surface area (TPSA) is 3.24 Å². The van der Waals surface area contributed by atoms with E-state index in [2.05, 4.69) is 223 Å². The van der Waals surface area contributed by atoms with Crippen LogP contribution in [0.25, 0.3) is 25.7 Å². The van der Waals surface area contributed by atoms with Crippen molar-refractivity contribution in [2.45, 2.75) is 17.3 Å². The van der Waals surface area contributed by atoms with Crippen molar-refractivity contribution in [3.8, 4) is 0 Å². The van der Waals surface area contributed by atoms with Gasteiger partial charge in [0.15, 0.2) is 0 Å². The predicted octanol–water partition coefficient (Wildman–Crippen LogP) is 14.5. The van der Waals surface area contributed by atoms with Crippen molar-refractivity contribution in [1.82, 2.24) is 0 Å². The first-order chi connectivity index (χ1) is 28.8. The number of benzene rings is 8. The first-order valence-electron chi connectivity index (χ1n) is 20.4. The molecule has 3 unspecified atom stereocenters. The summed E-state index contributed by atoms with van der Waals surface area (Å²) in [6.45, 7) is 0. The van der Waals surface area contributed by atoms with Crippen molar-refractivity contribution in [3.05, 3.63) is 263 Å². The van der Waals surface area contributed by atoms with Crippen LogP contribution in [0.5, 0.6) is 0 Å². The minimum absolute atomic E-state index is 0.272. The molecule has 3 aliphatic carbocycles. The maximum Gasteiger partial charge on any atom is 0.0728 e. The summed E-state index contributed by atoms with van der Waals surface area (Å²) in [5.41, 5.74) is 14.6. The summed E-state index contributed by atoms with van der Waals surface area (Å²) in [4.78, 5) is 2.50. The molecule has 9 aromatic rings. The van der Waals surface area contributed by atoms with E-state index >= 15 is 0 Å². The Morgan fingerprint density at radius 2 is 1.12 bits per heavy atom. The molecule has 0 aliphatic heterocycles. The van der Waals surface area contributed by atoms with Crippen molar-refractivity contribution in [1.29, 1.82) is 0 Å². The third kappa shape index (κ3) is 4.47. The number of thiophene rings is 1. The van der Waals surface area contributed by atoms with Crippen LogP contribution in [0.15, 0.2) is 218 Å². The van der Waals surface area contributed by atoms with E-state index in [9.17, 15) is 0 Å². The van der Waals surface area contributed by atoms with Crippen LogP contribution >= 0.6 is 11.3 Å². The number of nitrogens with zero attached hydrogens (tertiary/aromatic N) is 1. The van der Waals surface area contributed by atoms with Crippen molar-refractivity contribution >= 4 is 54.1 Å². The van der Waals surface area contributed by atoms with Crippen LogP contribution in [0.2, 0.25) is 0 Å². The molecule has 0 amide bonds. The summed E-state index contributed by atoms with van der Waals surface area (Å²) < 4.78 is 2.62. The van der Waals surface area contributed by atoms with Crippen LogP contribution in [-0.2, 0) is 10.8 Å². The zero-order valence-electron chi connectivity index (χ0n) is 31.9. The van der Waals surface area contributed by atoms with E-state index in [0.717, 1.165) is 23.5 Å². The summed E-state index contributed by atoms with van der Waals surface area (Å²) in [6.07, 6.45) is 8.04. The molecule has 0 fully saturated rings. The number of anilines is 3. The molecule has 58 heavy (non-hydrogen) atoms. The Labute approximate surface area is 343 Å². The highest BCUT2D eigenvalue weighted by molar-refractivity contribution is 7.25. The molecule has 0 saturated carbocycles. The van der Waals surface area contributed by atoms with Crippen LogP contribution < -0.4 is 4.90 Å². The van der Waals surface area contributed by atoms with Crippen LogP contribution in [0.3, 0.4) is 0 Å². The van der Waals surface area contributed by atoms with E-state index in [4.69, 9.17) is 0 Å². The van der Waals surface area contributed by atoms with E-state index in [0.29, 0.717) is 0 Å². The Morgan fingerprint density at radius 1 is 0.483 bits per heavy atom. The highest BCUT2D eigenvalue weighted by atomic mass is 32.1. The number of hydrogen-bond acceptors (Lipinski definition) is 2. The lowest BCUT2D eigenvalue weighted by Gasteiger charge is -2.51. The fourth-order valence-electron chi connectivity index (χ4n) is 11.1. The molecule has 3 atom stereocenters. The third-order valence-electron chi connectivity index (χ3n) is 13.2. The van der Waals surface area contributed by atoms with Gasteiger partial charge in [-0.2, -0.15) is 0 Å². The molecule has 3 aliphatic rings. The number of rotatable bonds is 6. The standard InChI is InChI=1S/C56H39NS/c1-4-19-38(20-5-1)55(47-29-13-14-30-48(47)56(39-21-6-2-7-22-39)46-28-12-10-25-42(46)44-27-18-32-50(55)54(44)56)49-31-15-16-33-51(49)57(40-23-8-3-9-24-40)41-35-36-53-45(37-41)43-26-11-17-34-52(43)58-53/h1-27,29-37,46H,28H2. The Hall–Kier alpha value is -6.74. The van der Waals surface area contributed by atoms with Gasteiger partial charge >= 0.3 is 0 Å². The number of hydrogen-bond donors (Lipinski definition) is 0. The first-order valence-corrected chi connectivity index (χ1v) is 21.2. The monoisotopic (exact) mass is 757 g/mol. The van der Waals surface area contributed by atoms with Crippen molar-refractivity contribution < 1.29 is 0 Å². The Kier molecular flexibility index (Phi) is 7.43. The minimum Gasteiger partial charge on any atom is -0.310 e. The van der Waals surface area contributed by atoms with Gasteiger partial charge in [0, 0.05) is 37.5 Å². The van der Waals surface area contributed by atoms with Crippen molar-refractivity contribution in [3.63, 3.8) is 0 Å².